The van der Waals surface area contributed by atoms with E-state index in [1.165, 1.54) is 0 Å². The van der Waals surface area contributed by atoms with Crippen molar-refractivity contribution in [2.45, 2.75) is 38.4 Å². The summed E-state index contributed by atoms with van der Waals surface area (Å²) in [5, 5.41) is 3.63. The van der Waals surface area contributed by atoms with E-state index in [9.17, 15) is 0 Å². The molecule has 0 amide bonds. The summed E-state index contributed by atoms with van der Waals surface area (Å²) in [5.41, 5.74) is 0. The van der Waals surface area contributed by atoms with Gasteiger partial charge in [-0.05, 0) is 19.8 Å². The molecule has 2 rings (SSSR count). The highest BCUT2D eigenvalue weighted by atomic mass is 16.5. The molecular formula is C11H19N3O. The van der Waals surface area contributed by atoms with Crippen molar-refractivity contribution in [3.8, 4) is 0 Å². The number of nitrogens with zero attached hydrogens (tertiary/aromatic N) is 2. The molecule has 1 aliphatic rings. The Morgan fingerprint density at radius 1 is 1.53 bits per heavy atom. The lowest BCUT2D eigenvalue weighted by atomic mass is 10.1. The minimum absolute atomic E-state index is 0.488. The molecule has 1 N–H and O–H groups in total. The van der Waals surface area contributed by atoms with Gasteiger partial charge in [-0.2, -0.15) is 0 Å². The standard InChI is InChI=1S/C11H19N3O/c1-10(8-14-5-4-12-9-14)13-11-2-6-15-7-3-11/h4-5,9-11,13H,2-3,6-8H2,1H3. The molecule has 15 heavy (non-hydrogen) atoms. The summed E-state index contributed by atoms with van der Waals surface area (Å²) in [6.07, 6.45) is 7.95. The van der Waals surface area contributed by atoms with Gasteiger partial charge in [0.1, 0.15) is 0 Å². The first-order valence-corrected chi connectivity index (χ1v) is 5.64. The second-order valence-corrected chi connectivity index (χ2v) is 4.21. The van der Waals surface area contributed by atoms with Crippen LogP contribution in [-0.4, -0.2) is 34.8 Å². The van der Waals surface area contributed by atoms with Gasteiger partial charge in [-0.1, -0.05) is 0 Å². The molecule has 0 bridgehead atoms. The topological polar surface area (TPSA) is 39.1 Å². The van der Waals surface area contributed by atoms with Crippen LogP contribution in [0.25, 0.3) is 0 Å². The molecule has 0 aromatic carbocycles. The Hall–Kier alpha value is -0.870. The van der Waals surface area contributed by atoms with Gasteiger partial charge in [0.25, 0.3) is 0 Å². The predicted molar refractivity (Wildman–Crippen MR) is 58.7 cm³/mol. The Balaban J connectivity index is 1.74. The van der Waals surface area contributed by atoms with Gasteiger partial charge >= 0.3 is 0 Å². The van der Waals surface area contributed by atoms with E-state index in [0.717, 1.165) is 32.6 Å². The molecule has 0 aliphatic carbocycles. The van der Waals surface area contributed by atoms with E-state index in [1.807, 2.05) is 18.7 Å². The number of imidazole rings is 1. The van der Waals surface area contributed by atoms with Crippen LogP contribution in [0.2, 0.25) is 0 Å². The predicted octanol–water partition coefficient (Wildman–Crippen LogP) is 1.04. The van der Waals surface area contributed by atoms with Crippen LogP contribution in [0.4, 0.5) is 0 Å². The van der Waals surface area contributed by atoms with Gasteiger partial charge in [0.05, 0.1) is 6.33 Å². The normalized spacial score (nSPS) is 20.3. The van der Waals surface area contributed by atoms with Crippen LogP contribution in [0.15, 0.2) is 18.7 Å². The molecule has 4 heteroatoms. The van der Waals surface area contributed by atoms with Gasteiger partial charge in [-0.15, -0.1) is 0 Å². The number of nitrogens with one attached hydrogen (secondary N) is 1. The average Bonchev–Trinajstić information content (AvgIpc) is 2.71. The van der Waals surface area contributed by atoms with E-state index >= 15 is 0 Å². The second kappa shape index (κ2) is 5.28. The Labute approximate surface area is 90.6 Å². The molecule has 1 aromatic heterocycles. The van der Waals surface area contributed by atoms with E-state index in [4.69, 9.17) is 4.74 Å². The van der Waals surface area contributed by atoms with E-state index < -0.39 is 0 Å². The molecule has 1 unspecified atom stereocenters. The van der Waals surface area contributed by atoms with Gasteiger partial charge in [0.2, 0.25) is 0 Å². The first kappa shape index (κ1) is 10.6. The molecule has 1 saturated heterocycles. The van der Waals surface area contributed by atoms with E-state index in [0.29, 0.717) is 12.1 Å². The fraction of sp³-hybridized carbons (Fsp3) is 0.727. The Bertz CT molecular complexity index is 267. The fourth-order valence-electron chi connectivity index (χ4n) is 2.03. The van der Waals surface area contributed by atoms with Crippen LogP contribution in [0.1, 0.15) is 19.8 Å². The highest BCUT2D eigenvalue weighted by Gasteiger charge is 2.15. The van der Waals surface area contributed by atoms with Gasteiger partial charge in [0.15, 0.2) is 0 Å². The van der Waals surface area contributed by atoms with E-state index in [1.54, 1.807) is 0 Å². The zero-order valence-corrected chi connectivity index (χ0v) is 9.22. The monoisotopic (exact) mass is 209 g/mol. The minimum Gasteiger partial charge on any atom is -0.381 e. The molecule has 2 heterocycles. The zero-order chi connectivity index (χ0) is 10.5. The average molecular weight is 209 g/mol. The highest BCUT2D eigenvalue weighted by molar-refractivity contribution is 4.79. The van der Waals surface area contributed by atoms with Crippen molar-refractivity contribution in [3.05, 3.63) is 18.7 Å². The fourth-order valence-corrected chi connectivity index (χ4v) is 2.03. The van der Waals surface area contributed by atoms with Crippen LogP contribution in [0.3, 0.4) is 0 Å². The van der Waals surface area contributed by atoms with Crippen molar-refractivity contribution in [1.82, 2.24) is 14.9 Å². The molecule has 84 valence electrons. The first-order valence-electron chi connectivity index (χ1n) is 5.64. The molecule has 1 atom stereocenters. The number of hydrogen-bond acceptors (Lipinski definition) is 3. The molecular weight excluding hydrogens is 190 g/mol. The maximum atomic E-state index is 5.33. The van der Waals surface area contributed by atoms with Gasteiger partial charge in [-0.25, -0.2) is 4.98 Å². The Kier molecular flexibility index (Phi) is 3.75. The quantitative estimate of drug-likeness (QED) is 0.805. The van der Waals surface area contributed by atoms with Crippen molar-refractivity contribution in [1.29, 1.82) is 0 Å². The third-order valence-corrected chi connectivity index (χ3v) is 2.79. The Morgan fingerprint density at radius 3 is 3.00 bits per heavy atom. The molecule has 1 aliphatic heterocycles. The number of ether oxygens (including phenoxy) is 1. The molecule has 0 radical (unpaired) electrons. The highest BCUT2D eigenvalue weighted by Crippen LogP contribution is 2.07. The first-order chi connectivity index (χ1) is 7.34. The molecule has 0 spiro atoms. The lowest BCUT2D eigenvalue weighted by Gasteiger charge is -2.26. The van der Waals surface area contributed by atoms with Crippen LogP contribution >= 0.6 is 0 Å². The number of rotatable bonds is 4. The molecule has 1 aromatic rings. The van der Waals surface area contributed by atoms with Crippen LogP contribution in [0.5, 0.6) is 0 Å². The number of hydrogen-bond donors (Lipinski definition) is 1. The lowest BCUT2D eigenvalue weighted by Crippen LogP contribution is -2.41. The van der Waals surface area contributed by atoms with Crippen molar-refractivity contribution >= 4 is 0 Å². The molecule has 4 nitrogen and oxygen atoms in total. The molecule has 0 saturated carbocycles. The largest absolute Gasteiger partial charge is 0.381 e. The summed E-state index contributed by atoms with van der Waals surface area (Å²) in [7, 11) is 0. The van der Waals surface area contributed by atoms with E-state index in [2.05, 4.69) is 21.8 Å². The SMILES string of the molecule is CC(Cn1ccnc1)NC1CCOCC1. The maximum Gasteiger partial charge on any atom is 0.0946 e. The summed E-state index contributed by atoms with van der Waals surface area (Å²) in [4.78, 5) is 4.04. The van der Waals surface area contributed by atoms with Crippen molar-refractivity contribution in [2.75, 3.05) is 13.2 Å². The zero-order valence-electron chi connectivity index (χ0n) is 9.22. The summed E-state index contributed by atoms with van der Waals surface area (Å²) in [5.74, 6) is 0. The Morgan fingerprint density at radius 2 is 2.33 bits per heavy atom. The second-order valence-electron chi connectivity index (χ2n) is 4.21. The third-order valence-electron chi connectivity index (χ3n) is 2.79. The van der Waals surface area contributed by atoms with Gasteiger partial charge < -0.3 is 14.6 Å². The lowest BCUT2D eigenvalue weighted by molar-refractivity contribution is 0.0748. The van der Waals surface area contributed by atoms with Crippen molar-refractivity contribution < 1.29 is 4.74 Å². The number of aromatic nitrogens is 2. The van der Waals surface area contributed by atoms with E-state index in [-0.39, 0.29) is 0 Å². The minimum atomic E-state index is 0.488. The van der Waals surface area contributed by atoms with Gasteiger partial charge in [-0.3, -0.25) is 0 Å². The summed E-state index contributed by atoms with van der Waals surface area (Å²) in [6.45, 7) is 5.00. The summed E-state index contributed by atoms with van der Waals surface area (Å²) in [6, 6.07) is 1.11. The van der Waals surface area contributed by atoms with Crippen molar-refractivity contribution in [2.24, 2.45) is 0 Å². The smallest absolute Gasteiger partial charge is 0.0946 e. The molecule has 1 fully saturated rings. The summed E-state index contributed by atoms with van der Waals surface area (Å²) < 4.78 is 7.44. The van der Waals surface area contributed by atoms with Crippen LogP contribution in [0, 0.1) is 0 Å². The van der Waals surface area contributed by atoms with Crippen LogP contribution < -0.4 is 5.32 Å². The van der Waals surface area contributed by atoms with Gasteiger partial charge in [0, 0.05) is 44.2 Å². The van der Waals surface area contributed by atoms with Crippen LogP contribution in [-0.2, 0) is 11.3 Å². The van der Waals surface area contributed by atoms with Crippen molar-refractivity contribution in [3.63, 3.8) is 0 Å². The maximum absolute atomic E-state index is 5.33. The summed E-state index contributed by atoms with van der Waals surface area (Å²) >= 11 is 0. The third kappa shape index (κ3) is 3.32.